The number of urea groups is 1. The number of halogens is 2. The van der Waals surface area contributed by atoms with Gasteiger partial charge in [-0.3, -0.25) is 0 Å². The Labute approximate surface area is 126 Å². The summed E-state index contributed by atoms with van der Waals surface area (Å²) in [6, 6.07) is 4.65. The Balaban J connectivity index is 1.72. The van der Waals surface area contributed by atoms with Crippen molar-refractivity contribution < 1.29 is 13.9 Å². The molecule has 1 aliphatic rings. The van der Waals surface area contributed by atoms with Gasteiger partial charge in [-0.15, -0.1) is 0 Å². The summed E-state index contributed by atoms with van der Waals surface area (Å²) in [7, 11) is 0. The number of hydrogen-bond acceptors (Lipinski definition) is 2. The molecule has 1 heterocycles. The maximum absolute atomic E-state index is 13.5. The van der Waals surface area contributed by atoms with Crippen molar-refractivity contribution in [3.8, 4) is 0 Å². The Morgan fingerprint density at radius 3 is 3.10 bits per heavy atom. The molecule has 1 saturated heterocycles. The quantitative estimate of drug-likeness (QED) is 0.881. The van der Waals surface area contributed by atoms with Crippen molar-refractivity contribution in [3.63, 3.8) is 0 Å². The lowest BCUT2D eigenvalue weighted by Crippen LogP contribution is -2.46. The van der Waals surface area contributed by atoms with Gasteiger partial charge in [0.15, 0.2) is 0 Å². The van der Waals surface area contributed by atoms with Crippen molar-refractivity contribution >= 4 is 22.0 Å². The third-order valence-electron chi connectivity index (χ3n) is 3.18. The van der Waals surface area contributed by atoms with E-state index < -0.39 is 0 Å². The van der Waals surface area contributed by atoms with Crippen LogP contribution < -0.4 is 10.6 Å². The molecule has 2 N–H and O–H groups in total. The van der Waals surface area contributed by atoms with Crippen LogP contribution >= 0.6 is 15.9 Å². The lowest BCUT2D eigenvalue weighted by Gasteiger charge is -2.23. The molecule has 110 valence electrons. The van der Waals surface area contributed by atoms with Crippen LogP contribution in [0, 0.1) is 5.82 Å². The zero-order valence-electron chi connectivity index (χ0n) is 11.1. The Morgan fingerprint density at radius 2 is 2.35 bits per heavy atom. The van der Waals surface area contributed by atoms with Gasteiger partial charge in [0.25, 0.3) is 0 Å². The minimum Gasteiger partial charge on any atom is -0.379 e. The number of nitrogens with one attached hydrogen (secondary N) is 2. The number of carbonyl (C=O) groups excluding carboxylic acids is 1. The van der Waals surface area contributed by atoms with Gasteiger partial charge in [0, 0.05) is 17.6 Å². The van der Waals surface area contributed by atoms with E-state index in [1.54, 1.807) is 12.1 Å². The zero-order chi connectivity index (χ0) is 14.4. The molecule has 1 aromatic carbocycles. The highest BCUT2D eigenvalue weighted by Gasteiger charge is 2.15. The number of benzene rings is 1. The van der Waals surface area contributed by atoms with Crippen LogP contribution in [0.5, 0.6) is 0 Å². The van der Waals surface area contributed by atoms with Crippen molar-refractivity contribution in [1.29, 1.82) is 0 Å². The summed E-state index contributed by atoms with van der Waals surface area (Å²) < 4.78 is 19.6. The van der Waals surface area contributed by atoms with Gasteiger partial charge < -0.3 is 15.4 Å². The second-order valence-electron chi connectivity index (χ2n) is 4.80. The maximum atomic E-state index is 13.5. The van der Waals surface area contributed by atoms with Crippen LogP contribution in [-0.2, 0) is 11.2 Å². The molecule has 2 rings (SSSR count). The zero-order valence-corrected chi connectivity index (χ0v) is 12.7. The van der Waals surface area contributed by atoms with Crippen LogP contribution in [0.4, 0.5) is 9.18 Å². The Morgan fingerprint density at radius 1 is 1.50 bits per heavy atom. The first-order chi connectivity index (χ1) is 9.65. The minimum absolute atomic E-state index is 0.0753. The van der Waals surface area contributed by atoms with Gasteiger partial charge in [0.1, 0.15) is 5.82 Å². The van der Waals surface area contributed by atoms with Crippen molar-refractivity contribution in [2.24, 2.45) is 0 Å². The summed E-state index contributed by atoms with van der Waals surface area (Å²) in [5, 5.41) is 5.59. The van der Waals surface area contributed by atoms with Crippen LogP contribution in [0.3, 0.4) is 0 Å². The normalized spacial score (nSPS) is 18.6. The number of amides is 2. The highest BCUT2D eigenvalue weighted by molar-refractivity contribution is 9.10. The molecule has 6 heteroatoms. The van der Waals surface area contributed by atoms with Crippen LogP contribution in [0.15, 0.2) is 22.7 Å². The number of rotatable bonds is 4. The fraction of sp³-hybridized carbons (Fsp3) is 0.500. The third-order valence-corrected chi connectivity index (χ3v) is 3.68. The fourth-order valence-electron chi connectivity index (χ4n) is 2.14. The Kier molecular flexibility index (Phi) is 5.79. The summed E-state index contributed by atoms with van der Waals surface area (Å²) in [5.41, 5.74) is 0.584. The van der Waals surface area contributed by atoms with Crippen LogP contribution in [0.2, 0.25) is 0 Å². The second kappa shape index (κ2) is 7.59. The van der Waals surface area contributed by atoms with Crippen LogP contribution in [-0.4, -0.2) is 31.8 Å². The van der Waals surface area contributed by atoms with Crippen LogP contribution in [0.25, 0.3) is 0 Å². The average Bonchev–Trinajstić information content (AvgIpc) is 2.44. The third kappa shape index (κ3) is 4.76. The summed E-state index contributed by atoms with van der Waals surface area (Å²) >= 11 is 3.30. The van der Waals surface area contributed by atoms with Gasteiger partial charge in [-0.25, -0.2) is 9.18 Å². The smallest absolute Gasteiger partial charge is 0.315 e. The maximum Gasteiger partial charge on any atom is 0.315 e. The van der Waals surface area contributed by atoms with E-state index in [0.717, 1.165) is 23.9 Å². The molecular weight excluding hydrogens is 327 g/mol. The number of ether oxygens (including phenoxy) is 1. The van der Waals surface area contributed by atoms with E-state index in [1.165, 1.54) is 6.07 Å². The van der Waals surface area contributed by atoms with E-state index >= 15 is 0 Å². The molecule has 1 aromatic rings. The monoisotopic (exact) mass is 344 g/mol. The Hall–Kier alpha value is -1.14. The lowest BCUT2D eigenvalue weighted by molar-refractivity contribution is 0.0732. The van der Waals surface area contributed by atoms with Gasteiger partial charge in [-0.05, 0) is 43.0 Å². The summed E-state index contributed by atoms with van der Waals surface area (Å²) in [6.07, 6.45) is 2.36. The van der Waals surface area contributed by atoms with Gasteiger partial charge in [-0.1, -0.05) is 15.9 Å². The molecule has 0 spiro atoms. The van der Waals surface area contributed by atoms with Gasteiger partial charge in [0.2, 0.25) is 0 Å². The molecule has 1 unspecified atom stereocenters. The van der Waals surface area contributed by atoms with E-state index in [1.807, 2.05) is 0 Å². The van der Waals surface area contributed by atoms with Crippen molar-refractivity contribution in [1.82, 2.24) is 10.6 Å². The molecule has 0 aliphatic carbocycles. The van der Waals surface area contributed by atoms with Gasteiger partial charge in [-0.2, -0.15) is 0 Å². The molecule has 0 saturated carbocycles. The van der Waals surface area contributed by atoms with Crippen molar-refractivity contribution in [2.75, 3.05) is 19.8 Å². The average molecular weight is 345 g/mol. The molecule has 20 heavy (non-hydrogen) atoms. The number of hydrogen-bond donors (Lipinski definition) is 2. The molecular formula is C14H18BrFN2O2. The van der Waals surface area contributed by atoms with Gasteiger partial charge >= 0.3 is 6.03 Å². The van der Waals surface area contributed by atoms with E-state index in [2.05, 4.69) is 26.6 Å². The second-order valence-corrected chi connectivity index (χ2v) is 5.72. The summed E-state index contributed by atoms with van der Waals surface area (Å²) in [5.74, 6) is -0.254. The highest BCUT2D eigenvalue weighted by Crippen LogP contribution is 2.15. The minimum atomic E-state index is -0.254. The van der Waals surface area contributed by atoms with E-state index in [-0.39, 0.29) is 17.9 Å². The Bertz CT molecular complexity index is 464. The SMILES string of the molecule is O=C(NCCc1cc(Br)ccc1F)NC1CCCOC1. The number of carbonyl (C=O) groups is 1. The topological polar surface area (TPSA) is 50.4 Å². The standard InChI is InChI=1S/C14H18BrFN2O2/c15-11-3-4-13(16)10(8-11)5-6-17-14(19)18-12-2-1-7-20-9-12/h3-4,8,12H,1-2,5-7,9H2,(H2,17,18,19). The summed E-state index contributed by atoms with van der Waals surface area (Å²) in [4.78, 5) is 11.7. The first-order valence-corrected chi connectivity index (χ1v) is 7.50. The largest absolute Gasteiger partial charge is 0.379 e. The van der Waals surface area contributed by atoms with E-state index in [9.17, 15) is 9.18 Å². The van der Waals surface area contributed by atoms with E-state index in [0.29, 0.717) is 25.1 Å². The summed E-state index contributed by atoms with van der Waals surface area (Å²) in [6.45, 7) is 1.72. The molecule has 0 bridgehead atoms. The fourth-order valence-corrected chi connectivity index (χ4v) is 2.55. The predicted octanol–water partition coefficient (Wildman–Crippen LogP) is 2.61. The molecule has 0 aromatic heterocycles. The molecule has 2 amide bonds. The molecule has 1 atom stereocenters. The van der Waals surface area contributed by atoms with Crippen LogP contribution in [0.1, 0.15) is 18.4 Å². The lowest BCUT2D eigenvalue weighted by atomic mass is 10.1. The highest BCUT2D eigenvalue weighted by atomic mass is 79.9. The molecule has 1 aliphatic heterocycles. The predicted molar refractivity (Wildman–Crippen MR) is 78.2 cm³/mol. The molecule has 0 radical (unpaired) electrons. The molecule has 1 fully saturated rings. The van der Waals surface area contributed by atoms with Gasteiger partial charge in [0.05, 0.1) is 12.6 Å². The first-order valence-electron chi connectivity index (χ1n) is 6.71. The molecule has 4 nitrogen and oxygen atoms in total. The van der Waals surface area contributed by atoms with Crippen molar-refractivity contribution in [3.05, 3.63) is 34.1 Å². The van der Waals surface area contributed by atoms with E-state index in [4.69, 9.17) is 4.74 Å². The van der Waals surface area contributed by atoms with Crippen molar-refractivity contribution in [2.45, 2.75) is 25.3 Å². The first kappa shape index (κ1) is 15.3.